The Hall–Kier alpha value is -2.48. The Morgan fingerprint density at radius 1 is 0.757 bits per heavy atom. The molecular formula is C26H17Cl5N2O4. The summed E-state index contributed by atoms with van der Waals surface area (Å²) in [4.78, 5) is 43.2. The summed E-state index contributed by atoms with van der Waals surface area (Å²) >= 11 is 31.1. The SMILES string of the molecule is CCOc1ccc([C@H]2[C@@H](N3C(=O)c4c(Cl)c(Cl)c(Cl)c(Cl)c4C3=O)C(=O)N2c2ccc(Cl)cc2C)cc1. The lowest BCUT2D eigenvalue weighted by Crippen LogP contribution is -2.67. The maximum absolute atomic E-state index is 13.7. The summed E-state index contributed by atoms with van der Waals surface area (Å²) in [6.07, 6.45) is 0. The van der Waals surface area contributed by atoms with Crippen LogP contribution in [0.1, 0.15) is 44.8 Å². The minimum Gasteiger partial charge on any atom is -0.494 e. The number of hydrogen-bond donors (Lipinski definition) is 0. The molecule has 37 heavy (non-hydrogen) atoms. The predicted octanol–water partition coefficient (Wildman–Crippen LogP) is 7.41. The number of fused-ring (bicyclic) bond motifs is 1. The number of carbonyl (C=O) groups excluding carboxylic acids is 3. The van der Waals surface area contributed by atoms with Crippen molar-refractivity contribution >= 4 is 81.4 Å². The standard InChI is InChI=1S/C26H17Cl5N2O4/c1-3-37-14-7-4-12(5-8-14)22-23(26(36)32(22)15-9-6-13(27)10-11(15)2)33-24(34)16-17(25(33)35)19(29)21(31)20(30)18(16)28/h4-10,22-23H,3H2,1-2H3/t22-,23+/m0/s1. The molecule has 2 aliphatic rings. The van der Waals surface area contributed by atoms with E-state index in [0.717, 1.165) is 10.5 Å². The van der Waals surface area contributed by atoms with Crippen LogP contribution in [0.25, 0.3) is 0 Å². The second kappa shape index (κ2) is 9.68. The normalized spacial score (nSPS) is 18.8. The number of amides is 3. The Morgan fingerprint density at radius 2 is 1.32 bits per heavy atom. The monoisotopic (exact) mass is 596 g/mol. The van der Waals surface area contributed by atoms with E-state index in [0.29, 0.717) is 28.6 Å². The summed E-state index contributed by atoms with van der Waals surface area (Å²) in [6.45, 7) is 4.18. The number of ether oxygens (including phenoxy) is 1. The minimum absolute atomic E-state index is 0.142. The van der Waals surface area contributed by atoms with Crippen LogP contribution in [0.15, 0.2) is 42.5 Å². The largest absolute Gasteiger partial charge is 0.494 e. The van der Waals surface area contributed by atoms with Crippen molar-refractivity contribution in [3.8, 4) is 5.75 Å². The summed E-state index contributed by atoms with van der Waals surface area (Å²) < 4.78 is 5.54. The van der Waals surface area contributed by atoms with E-state index in [1.54, 1.807) is 47.4 Å². The summed E-state index contributed by atoms with van der Waals surface area (Å²) in [5.41, 5.74) is 1.69. The summed E-state index contributed by atoms with van der Waals surface area (Å²) in [6, 6.07) is 10.4. The third kappa shape index (κ3) is 3.98. The van der Waals surface area contributed by atoms with Gasteiger partial charge in [0.25, 0.3) is 17.7 Å². The van der Waals surface area contributed by atoms with Crippen LogP contribution in [0.2, 0.25) is 25.1 Å². The van der Waals surface area contributed by atoms with Gasteiger partial charge in [0, 0.05) is 10.7 Å². The molecule has 0 radical (unpaired) electrons. The second-order valence-electron chi connectivity index (χ2n) is 8.52. The maximum Gasteiger partial charge on any atom is 0.264 e. The Bertz CT molecular complexity index is 1440. The minimum atomic E-state index is -1.16. The molecule has 6 nitrogen and oxygen atoms in total. The number of rotatable bonds is 5. The first-order chi connectivity index (χ1) is 17.6. The molecular weight excluding hydrogens is 582 g/mol. The topological polar surface area (TPSA) is 66.9 Å². The maximum atomic E-state index is 13.7. The zero-order valence-corrected chi connectivity index (χ0v) is 23.1. The van der Waals surface area contributed by atoms with Crippen LogP contribution in [0.4, 0.5) is 5.69 Å². The molecule has 2 heterocycles. The first-order valence-corrected chi connectivity index (χ1v) is 13.0. The number of anilines is 1. The van der Waals surface area contributed by atoms with Crippen molar-refractivity contribution in [2.24, 2.45) is 0 Å². The molecule has 3 aromatic carbocycles. The summed E-state index contributed by atoms with van der Waals surface area (Å²) in [7, 11) is 0. The van der Waals surface area contributed by atoms with Crippen LogP contribution >= 0.6 is 58.0 Å². The van der Waals surface area contributed by atoms with Crippen molar-refractivity contribution in [2.45, 2.75) is 25.9 Å². The van der Waals surface area contributed by atoms with Gasteiger partial charge >= 0.3 is 0 Å². The van der Waals surface area contributed by atoms with E-state index in [1.165, 1.54) is 0 Å². The number of hydrogen-bond acceptors (Lipinski definition) is 4. The second-order valence-corrected chi connectivity index (χ2v) is 10.5. The van der Waals surface area contributed by atoms with Crippen LogP contribution in [-0.4, -0.2) is 35.3 Å². The predicted molar refractivity (Wildman–Crippen MR) is 145 cm³/mol. The highest BCUT2D eigenvalue weighted by Gasteiger charge is 2.58. The molecule has 1 saturated heterocycles. The smallest absolute Gasteiger partial charge is 0.264 e. The molecule has 190 valence electrons. The Kier molecular flexibility index (Phi) is 6.84. The fourth-order valence-electron chi connectivity index (χ4n) is 4.76. The molecule has 3 amide bonds. The van der Waals surface area contributed by atoms with Crippen molar-refractivity contribution in [3.05, 3.63) is 89.8 Å². The van der Waals surface area contributed by atoms with Gasteiger partial charge in [-0.15, -0.1) is 0 Å². The van der Waals surface area contributed by atoms with E-state index in [4.69, 9.17) is 62.7 Å². The highest BCUT2D eigenvalue weighted by atomic mass is 35.5. The molecule has 0 aromatic heterocycles. The van der Waals surface area contributed by atoms with Gasteiger partial charge in [-0.05, 0) is 55.3 Å². The van der Waals surface area contributed by atoms with Gasteiger partial charge in [0.2, 0.25) is 0 Å². The van der Waals surface area contributed by atoms with Gasteiger partial charge in [0.05, 0.1) is 43.9 Å². The van der Waals surface area contributed by atoms with E-state index in [1.807, 2.05) is 13.8 Å². The Balaban J connectivity index is 1.63. The fourth-order valence-corrected chi connectivity index (χ4v) is 6.00. The summed E-state index contributed by atoms with van der Waals surface area (Å²) in [5, 5.41) is -0.154. The van der Waals surface area contributed by atoms with Crippen molar-refractivity contribution < 1.29 is 19.1 Å². The van der Waals surface area contributed by atoms with Crippen LogP contribution in [-0.2, 0) is 4.79 Å². The van der Waals surface area contributed by atoms with Crippen LogP contribution in [0.3, 0.4) is 0 Å². The molecule has 0 spiro atoms. The van der Waals surface area contributed by atoms with E-state index in [2.05, 4.69) is 0 Å². The molecule has 0 unspecified atom stereocenters. The van der Waals surface area contributed by atoms with E-state index >= 15 is 0 Å². The zero-order valence-electron chi connectivity index (χ0n) is 19.3. The molecule has 3 aromatic rings. The number of aryl methyl sites for hydroxylation is 1. The third-order valence-corrected chi connectivity index (χ3v) is 8.47. The third-order valence-electron chi connectivity index (χ3n) is 6.43. The number of β-lactam (4-membered cyclic amide) rings is 1. The quantitative estimate of drug-likeness (QED) is 0.133. The van der Waals surface area contributed by atoms with E-state index in [-0.39, 0.29) is 31.2 Å². The van der Waals surface area contributed by atoms with Gasteiger partial charge in [-0.3, -0.25) is 19.3 Å². The van der Waals surface area contributed by atoms with Crippen LogP contribution < -0.4 is 9.64 Å². The first kappa shape index (κ1) is 26.1. The molecule has 0 bridgehead atoms. The van der Waals surface area contributed by atoms with Crippen molar-refractivity contribution in [1.29, 1.82) is 0 Å². The molecule has 0 N–H and O–H groups in total. The molecule has 5 rings (SSSR count). The summed E-state index contributed by atoms with van der Waals surface area (Å²) in [5.74, 6) is -1.35. The molecule has 2 atom stereocenters. The van der Waals surface area contributed by atoms with Gasteiger partial charge in [-0.25, -0.2) is 0 Å². The Labute approximate surface area is 237 Å². The number of nitrogens with zero attached hydrogens (tertiary/aromatic N) is 2. The van der Waals surface area contributed by atoms with E-state index < -0.39 is 29.8 Å². The zero-order chi connectivity index (χ0) is 26.8. The van der Waals surface area contributed by atoms with Crippen molar-refractivity contribution in [2.75, 3.05) is 11.5 Å². The highest BCUT2D eigenvalue weighted by molar-refractivity contribution is 6.55. The van der Waals surface area contributed by atoms with Crippen molar-refractivity contribution in [3.63, 3.8) is 0 Å². The molecule has 0 aliphatic carbocycles. The molecule has 11 heteroatoms. The van der Waals surface area contributed by atoms with Gasteiger partial charge < -0.3 is 9.64 Å². The van der Waals surface area contributed by atoms with Gasteiger partial charge in [-0.1, -0.05) is 70.1 Å². The average molecular weight is 599 g/mol. The van der Waals surface area contributed by atoms with Gasteiger partial charge in [0.1, 0.15) is 11.8 Å². The molecule has 2 aliphatic heterocycles. The van der Waals surface area contributed by atoms with Crippen LogP contribution in [0, 0.1) is 6.92 Å². The van der Waals surface area contributed by atoms with Gasteiger partial charge in [-0.2, -0.15) is 0 Å². The highest BCUT2D eigenvalue weighted by Crippen LogP contribution is 2.49. The molecule has 0 saturated carbocycles. The number of carbonyl (C=O) groups is 3. The number of benzene rings is 3. The number of halogens is 5. The lowest BCUT2D eigenvalue weighted by molar-refractivity contribution is -0.130. The molecule has 1 fully saturated rings. The van der Waals surface area contributed by atoms with Crippen molar-refractivity contribution in [1.82, 2.24) is 4.90 Å². The lowest BCUT2D eigenvalue weighted by Gasteiger charge is -2.50. The lowest BCUT2D eigenvalue weighted by atomic mass is 9.85. The fraction of sp³-hybridized carbons (Fsp3) is 0.192. The average Bonchev–Trinajstić information content (AvgIpc) is 3.12. The van der Waals surface area contributed by atoms with Gasteiger partial charge in [0.15, 0.2) is 0 Å². The number of imide groups is 1. The first-order valence-electron chi connectivity index (χ1n) is 11.1. The van der Waals surface area contributed by atoms with E-state index in [9.17, 15) is 14.4 Å². The Morgan fingerprint density at radius 3 is 1.84 bits per heavy atom. The van der Waals surface area contributed by atoms with Crippen LogP contribution in [0.5, 0.6) is 5.75 Å².